The van der Waals surface area contributed by atoms with Gasteiger partial charge in [0.15, 0.2) is 0 Å². The van der Waals surface area contributed by atoms with Crippen LogP contribution >= 0.6 is 0 Å². The van der Waals surface area contributed by atoms with Gasteiger partial charge in [0.1, 0.15) is 33.7 Å². The highest BCUT2D eigenvalue weighted by Gasteiger charge is 2.54. The normalized spacial score (nSPS) is 15.0. The lowest BCUT2D eigenvalue weighted by Crippen LogP contribution is -2.29. The predicted octanol–water partition coefficient (Wildman–Crippen LogP) is 14.1. The second-order valence-electron chi connectivity index (χ2n) is 16.7. The van der Waals surface area contributed by atoms with Crippen LogP contribution < -0.4 is 0 Å². The van der Waals surface area contributed by atoms with Crippen LogP contribution in [0.15, 0.2) is 21.4 Å². The average molecular weight is 739 g/mol. The number of benzene rings is 3. The molecule has 0 bridgehead atoms. The highest BCUT2D eigenvalue weighted by atomic mass is 19.1. The van der Waals surface area contributed by atoms with E-state index in [0.29, 0.717) is 55.4 Å². The maximum atomic E-state index is 18.8. The third-order valence-corrected chi connectivity index (χ3v) is 13.2. The van der Waals surface area contributed by atoms with E-state index in [-0.39, 0.29) is 11.6 Å². The standard InChI is InChI=1S/C46H60F2N4O2/c1-7-11-15-19-23-45(24-20-16-12-8-2)31-27-29(5)41-43(51-53-49-41)33(31)35-37(45)39(47)36-34-32(28-30(6)42-44(34)52-54-50-42)46(38(36)40(35)48,25-21-17-13-9-3)26-22-18-14-10-4/h27-28H,7-26H2,1-6H3. The van der Waals surface area contributed by atoms with E-state index in [4.69, 9.17) is 9.26 Å². The first-order chi connectivity index (χ1) is 26.3. The lowest BCUT2D eigenvalue weighted by molar-refractivity contribution is 0.315. The van der Waals surface area contributed by atoms with Gasteiger partial charge in [0, 0.05) is 44.2 Å². The molecule has 2 aliphatic carbocycles. The summed E-state index contributed by atoms with van der Waals surface area (Å²) in [5, 5.41) is 17.5. The second kappa shape index (κ2) is 16.2. The number of halogens is 2. The zero-order chi connectivity index (χ0) is 38.0. The van der Waals surface area contributed by atoms with Gasteiger partial charge in [0.25, 0.3) is 0 Å². The number of nitrogens with zero attached hydrogens (tertiary/aromatic N) is 4. The van der Waals surface area contributed by atoms with Crippen molar-refractivity contribution >= 4 is 22.1 Å². The summed E-state index contributed by atoms with van der Waals surface area (Å²) >= 11 is 0. The van der Waals surface area contributed by atoms with Crippen LogP contribution in [-0.4, -0.2) is 20.6 Å². The van der Waals surface area contributed by atoms with Crippen LogP contribution in [0.25, 0.3) is 44.3 Å². The van der Waals surface area contributed by atoms with Crippen molar-refractivity contribution in [2.75, 3.05) is 0 Å². The predicted molar refractivity (Wildman–Crippen MR) is 214 cm³/mol. The molecule has 0 radical (unpaired) electrons. The highest BCUT2D eigenvalue weighted by molar-refractivity contribution is 6.05. The van der Waals surface area contributed by atoms with E-state index in [1.807, 2.05) is 13.8 Å². The van der Waals surface area contributed by atoms with Crippen LogP contribution in [0.3, 0.4) is 0 Å². The van der Waals surface area contributed by atoms with Gasteiger partial charge in [-0.15, -0.1) is 0 Å². The van der Waals surface area contributed by atoms with E-state index in [1.54, 1.807) is 0 Å². The summed E-state index contributed by atoms with van der Waals surface area (Å²) in [4.78, 5) is 0. The molecule has 2 aliphatic rings. The van der Waals surface area contributed by atoms with Gasteiger partial charge in [0.2, 0.25) is 0 Å². The van der Waals surface area contributed by atoms with E-state index >= 15 is 8.78 Å². The van der Waals surface area contributed by atoms with Gasteiger partial charge >= 0.3 is 0 Å². The number of hydrogen-bond donors (Lipinski definition) is 0. The Kier molecular flexibility index (Phi) is 11.6. The number of unbranched alkanes of at least 4 members (excludes halogenated alkanes) is 12. The molecule has 8 heteroatoms. The van der Waals surface area contributed by atoms with E-state index in [1.165, 1.54) is 0 Å². The van der Waals surface area contributed by atoms with Crippen molar-refractivity contribution in [3.05, 3.63) is 57.1 Å². The molecule has 5 aromatic rings. The molecule has 0 aliphatic heterocycles. The molecule has 3 aromatic carbocycles. The van der Waals surface area contributed by atoms with Crippen molar-refractivity contribution < 1.29 is 18.0 Å². The monoisotopic (exact) mass is 738 g/mol. The number of aryl methyl sites for hydroxylation is 2. The minimum absolute atomic E-state index is 0.302. The van der Waals surface area contributed by atoms with E-state index in [9.17, 15) is 0 Å². The molecule has 0 N–H and O–H groups in total. The maximum absolute atomic E-state index is 18.8. The Morgan fingerprint density at radius 2 is 0.759 bits per heavy atom. The van der Waals surface area contributed by atoms with Gasteiger partial charge < -0.3 is 0 Å². The molecule has 0 unspecified atom stereocenters. The Morgan fingerprint density at radius 3 is 1.07 bits per heavy atom. The van der Waals surface area contributed by atoms with Gasteiger partial charge in [-0.1, -0.05) is 143 Å². The molecule has 0 amide bonds. The molecular formula is C46H60F2N4O2. The number of aromatic nitrogens is 4. The molecule has 7 rings (SSSR count). The van der Waals surface area contributed by atoms with Crippen molar-refractivity contribution in [3.63, 3.8) is 0 Å². The van der Waals surface area contributed by atoms with Crippen LogP contribution in [0.2, 0.25) is 0 Å². The average Bonchev–Trinajstić information content (AvgIpc) is 3.96. The molecule has 0 atom stereocenters. The molecule has 2 aromatic heterocycles. The Labute approximate surface area is 320 Å². The van der Waals surface area contributed by atoms with Gasteiger partial charge in [-0.3, -0.25) is 0 Å². The minimum atomic E-state index is -0.719. The summed E-state index contributed by atoms with van der Waals surface area (Å²) in [5.41, 5.74) is 7.85. The lowest BCUT2D eigenvalue weighted by Gasteiger charge is -2.35. The zero-order valence-electron chi connectivity index (χ0n) is 33.7. The summed E-state index contributed by atoms with van der Waals surface area (Å²) in [6.07, 6.45) is 19.7. The third-order valence-electron chi connectivity index (χ3n) is 13.2. The summed E-state index contributed by atoms with van der Waals surface area (Å²) < 4.78 is 48.5. The van der Waals surface area contributed by atoms with Crippen molar-refractivity contribution in [2.24, 2.45) is 0 Å². The summed E-state index contributed by atoms with van der Waals surface area (Å²) in [6, 6.07) is 4.32. The van der Waals surface area contributed by atoms with Crippen LogP contribution in [0, 0.1) is 25.5 Å². The first kappa shape index (κ1) is 38.6. The van der Waals surface area contributed by atoms with Crippen LogP contribution in [0.5, 0.6) is 0 Å². The topological polar surface area (TPSA) is 77.8 Å². The highest BCUT2D eigenvalue weighted by Crippen LogP contribution is 2.65. The maximum Gasteiger partial charge on any atom is 0.143 e. The molecule has 290 valence electrons. The minimum Gasteiger partial charge on any atom is -0.243 e. The Balaban J connectivity index is 1.58. The molecule has 6 nitrogen and oxygen atoms in total. The van der Waals surface area contributed by atoms with Crippen molar-refractivity contribution in [1.82, 2.24) is 20.6 Å². The molecular weight excluding hydrogens is 679 g/mol. The van der Waals surface area contributed by atoms with E-state index in [2.05, 4.69) is 60.5 Å². The number of hydrogen-bond acceptors (Lipinski definition) is 6. The number of fused-ring (bicyclic) bond motifs is 10. The fraction of sp³-hybridized carbons (Fsp3) is 0.609. The fourth-order valence-electron chi connectivity index (χ4n) is 10.5. The first-order valence-electron chi connectivity index (χ1n) is 21.4. The van der Waals surface area contributed by atoms with Gasteiger partial charge in [-0.2, -0.15) is 0 Å². The van der Waals surface area contributed by atoms with Crippen molar-refractivity contribution in [3.8, 4) is 22.3 Å². The van der Waals surface area contributed by atoms with Crippen LogP contribution in [-0.2, 0) is 10.8 Å². The van der Waals surface area contributed by atoms with Crippen LogP contribution in [0.1, 0.15) is 189 Å². The van der Waals surface area contributed by atoms with E-state index < -0.39 is 10.8 Å². The SMILES string of the molecule is CCCCCCC1(CCCCCC)c2cc(C)c3nonc3c2-c2c(F)c3c(c(F)c21)-c1c(cc(C)c2nonc12)C3(CCCCCC)CCCCCC. The quantitative estimate of drug-likeness (QED) is 0.0740. The third kappa shape index (κ3) is 6.18. The first-order valence-corrected chi connectivity index (χ1v) is 21.4. The van der Waals surface area contributed by atoms with Gasteiger partial charge in [-0.25, -0.2) is 18.0 Å². The summed E-state index contributed by atoms with van der Waals surface area (Å²) in [7, 11) is 0. The largest absolute Gasteiger partial charge is 0.243 e. The molecule has 0 spiro atoms. The molecule has 0 fully saturated rings. The van der Waals surface area contributed by atoms with Crippen LogP contribution in [0.4, 0.5) is 8.78 Å². The van der Waals surface area contributed by atoms with Crippen molar-refractivity contribution in [1.29, 1.82) is 0 Å². The lowest BCUT2D eigenvalue weighted by atomic mass is 9.68. The molecule has 54 heavy (non-hydrogen) atoms. The van der Waals surface area contributed by atoms with Crippen molar-refractivity contribution in [2.45, 2.75) is 181 Å². The molecule has 2 heterocycles. The number of rotatable bonds is 20. The zero-order valence-corrected chi connectivity index (χ0v) is 33.7. The van der Waals surface area contributed by atoms with Gasteiger partial charge in [-0.05, 0) is 82.4 Å². The summed E-state index contributed by atoms with van der Waals surface area (Å²) in [6.45, 7) is 12.9. The van der Waals surface area contributed by atoms with Gasteiger partial charge in [0.05, 0.1) is 0 Å². The fourth-order valence-corrected chi connectivity index (χ4v) is 10.5. The summed E-state index contributed by atoms with van der Waals surface area (Å²) in [5.74, 6) is -0.603. The Bertz CT molecular complexity index is 1940. The molecule has 0 saturated carbocycles. The van der Waals surface area contributed by atoms with E-state index in [0.717, 1.165) is 151 Å². The smallest absolute Gasteiger partial charge is 0.143 e. The molecule has 0 saturated heterocycles. The second-order valence-corrected chi connectivity index (χ2v) is 16.7. The Hall–Kier alpha value is -3.68. The Morgan fingerprint density at radius 1 is 0.444 bits per heavy atom.